The van der Waals surface area contributed by atoms with Crippen LogP contribution in [0.15, 0.2) is 61.1 Å². The van der Waals surface area contributed by atoms with E-state index in [1.165, 1.54) is 0 Å². The Labute approximate surface area is 177 Å². The van der Waals surface area contributed by atoms with Gasteiger partial charge in [0.2, 0.25) is 5.88 Å². The van der Waals surface area contributed by atoms with Crippen molar-refractivity contribution in [2.24, 2.45) is 0 Å². The number of thiocarbonyl (C=S) groups is 1. The number of nitrogens with one attached hydrogen (secondary N) is 1. The van der Waals surface area contributed by atoms with E-state index in [1.807, 2.05) is 45.0 Å². The molecule has 0 saturated heterocycles. The number of amides is 1. The molecule has 0 saturated carbocycles. The first-order chi connectivity index (χ1) is 14.2. The van der Waals surface area contributed by atoms with Gasteiger partial charge in [0, 0.05) is 36.6 Å². The van der Waals surface area contributed by atoms with Gasteiger partial charge in [0.05, 0.1) is 6.61 Å². The molecule has 1 amide bonds. The first-order valence-electron chi connectivity index (χ1n) is 9.32. The Hall–Kier alpha value is -3.19. The van der Waals surface area contributed by atoms with Gasteiger partial charge in [-0.15, -0.1) is 0 Å². The van der Waals surface area contributed by atoms with Crippen molar-refractivity contribution in [1.82, 2.24) is 20.3 Å². The topological polar surface area (TPSA) is 77.0 Å². The quantitative estimate of drug-likeness (QED) is 0.630. The summed E-state index contributed by atoms with van der Waals surface area (Å²) >= 11 is 4.93. The van der Waals surface area contributed by atoms with Crippen molar-refractivity contribution in [2.75, 3.05) is 13.7 Å². The highest BCUT2D eigenvalue weighted by molar-refractivity contribution is 7.79. The molecule has 0 bridgehead atoms. The average molecular weight is 411 g/mol. The van der Waals surface area contributed by atoms with Crippen LogP contribution in [-0.4, -0.2) is 39.9 Å². The molecule has 1 aromatic carbocycles. The lowest BCUT2D eigenvalue weighted by atomic mass is 10.1. The molecule has 0 atom stereocenters. The van der Waals surface area contributed by atoms with Crippen LogP contribution in [-0.2, 0) is 0 Å². The largest absolute Gasteiger partial charge is 0.477 e. The lowest BCUT2D eigenvalue weighted by Gasteiger charge is -2.06. The van der Waals surface area contributed by atoms with Crippen LogP contribution in [0.25, 0.3) is 11.4 Å². The van der Waals surface area contributed by atoms with Crippen LogP contribution in [0.5, 0.6) is 5.88 Å². The summed E-state index contributed by atoms with van der Waals surface area (Å²) in [6.45, 7) is 6.35. The molecule has 152 valence electrons. The molecule has 0 fully saturated rings. The summed E-state index contributed by atoms with van der Waals surface area (Å²) in [4.78, 5) is 23.6. The van der Waals surface area contributed by atoms with Crippen LogP contribution in [0.4, 0.5) is 0 Å². The Morgan fingerprint density at radius 3 is 2.31 bits per heavy atom. The summed E-state index contributed by atoms with van der Waals surface area (Å²) < 4.78 is 5.19. The van der Waals surface area contributed by atoms with Gasteiger partial charge in [-0.25, -0.2) is 15.0 Å². The molecule has 0 spiro atoms. The van der Waals surface area contributed by atoms with Crippen LogP contribution in [0.3, 0.4) is 0 Å². The first kappa shape index (κ1) is 23.8. The van der Waals surface area contributed by atoms with Crippen LogP contribution in [0.2, 0.25) is 0 Å². The number of pyridine rings is 1. The summed E-state index contributed by atoms with van der Waals surface area (Å²) in [6, 6.07) is 13.0. The zero-order chi connectivity index (χ0) is 21.5. The van der Waals surface area contributed by atoms with E-state index in [0.29, 0.717) is 23.9 Å². The Kier molecular flexibility index (Phi) is 11.4. The standard InChI is InChI=1S/C11H8N2S.C9H12N2O2.C2H6/c14-8-9-4-1-2-5-10(9)11-12-6-3-7-13-11;1-3-13-9-7(8(12)10-2)5-4-6-11-9;1-2/h1-8H;4-6H,3H2,1-2H3,(H,10,12);1-2H3. The van der Waals surface area contributed by atoms with Crippen LogP contribution in [0.1, 0.15) is 36.7 Å². The van der Waals surface area contributed by atoms with E-state index in [9.17, 15) is 4.79 Å². The number of ether oxygens (including phenoxy) is 1. The fraction of sp³-hybridized carbons (Fsp3) is 0.227. The Morgan fingerprint density at radius 2 is 1.69 bits per heavy atom. The molecule has 7 heteroatoms. The number of rotatable bonds is 5. The minimum absolute atomic E-state index is 0.184. The van der Waals surface area contributed by atoms with Crippen molar-refractivity contribution >= 4 is 23.5 Å². The highest BCUT2D eigenvalue weighted by Crippen LogP contribution is 2.17. The van der Waals surface area contributed by atoms with E-state index in [4.69, 9.17) is 17.0 Å². The van der Waals surface area contributed by atoms with Gasteiger partial charge < -0.3 is 10.1 Å². The first-order valence-corrected chi connectivity index (χ1v) is 9.79. The van der Waals surface area contributed by atoms with E-state index < -0.39 is 0 Å². The van der Waals surface area contributed by atoms with Crippen molar-refractivity contribution in [3.05, 3.63) is 72.2 Å². The molecule has 0 unspecified atom stereocenters. The molecule has 0 aliphatic heterocycles. The summed E-state index contributed by atoms with van der Waals surface area (Å²) in [6.07, 6.45) is 5.04. The maximum atomic E-state index is 11.3. The molecular formula is C22H26N4O2S. The van der Waals surface area contributed by atoms with Crippen LogP contribution < -0.4 is 10.1 Å². The minimum Gasteiger partial charge on any atom is -0.477 e. The van der Waals surface area contributed by atoms with Gasteiger partial charge in [0.1, 0.15) is 5.56 Å². The number of aromatic nitrogens is 3. The number of hydrogen-bond acceptors (Lipinski definition) is 6. The number of nitrogens with zero attached hydrogens (tertiary/aromatic N) is 3. The van der Waals surface area contributed by atoms with Crippen LogP contribution in [0, 0.1) is 0 Å². The lowest BCUT2D eigenvalue weighted by molar-refractivity contribution is 0.0958. The van der Waals surface area contributed by atoms with E-state index in [1.54, 1.807) is 49.2 Å². The molecule has 2 aromatic heterocycles. The second-order valence-corrected chi connectivity index (χ2v) is 5.38. The van der Waals surface area contributed by atoms with Gasteiger partial charge in [0.25, 0.3) is 5.91 Å². The van der Waals surface area contributed by atoms with E-state index >= 15 is 0 Å². The fourth-order valence-corrected chi connectivity index (χ4v) is 2.40. The smallest absolute Gasteiger partial charge is 0.256 e. The Balaban J connectivity index is 0.000000268. The van der Waals surface area contributed by atoms with Crippen molar-refractivity contribution in [3.8, 4) is 17.3 Å². The molecule has 0 aliphatic carbocycles. The molecule has 3 rings (SSSR count). The molecule has 6 nitrogen and oxygen atoms in total. The second-order valence-electron chi connectivity index (χ2n) is 5.15. The number of benzene rings is 1. The van der Waals surface area contributed by atoms with Crippen molar-refractivity contribution in [2.45, 2.75) is 20.8 Å². The van der Waals surface area contributed by atoms with E-state index in [-0.39, 0.29) is 5.91 Å². The molecule has 2 heterocycles. The third-order valence-electron chi connectivity index (χ3n) is 3.42. The summed E-state index contributed by atoms with van der Waals surface area (Å²) in [5.74, 6) is 0.908. The molecule has 3 aromatic rings. The van der Waals surface area contributed by atoms with Gasteiger partial charge in [-0.05, 0) is 30.7 Å². The predicted molar refractivity (Wildman–Crippen MR) is 120 cm³/mol. The number of hydrogen-bond donors (Lipinski definition) is 1. The van der Waals surface area contributed by atoms with E-state index in [0.717, 1.165) is 11.1 Å². The third kappa shape index (κ3) is 7.38. The highest BCUT2D eigenvalue weighted by Gasteiger charge is 2.10. The lowest BCUT2D eigenvalue weighted by Crippen LogP contribution is -2.19. The summed E-state index contributed by atoms with van der Waals surface area (Å²) in [5, 5.41) is 4.17. The molecule has 1 N–H and O–H groups in total. The number of carbonyl (C=O) groups excluding carboxylic acids is 1. The van der Waals surface area contributed by atoms with Crippen molar-refractivity contribution in [1.29, 1.82) is 0 Å². The van der Waals surface area contributed by atoms with Gasteiger partial charge in [0.15, 0.2) is 5.82 Å². The Bertz CT molecular complexity index is 889. The molecule has 0 aliphatic rings. The van der Waals surface area contributed by atoms with Crippen molar-refractivity contribution in [3.63, 3.8) is 0 Å². The maximum Gasteiger partial charge on any atom is 0.256 e. The van der Waals surface area contributed by atoms with E-state index in [2.05, 4.69) is 20.3 Å². The average Bonchev–Trinajstić information content (AvgIpc) is 2.81. The maximum absolute atomic E-state index is 11.3. The SMILES string of the molecule is CC.CCOc1ncccc1C(=O)NC.S=Cc1ccccc1-c1ncccn1. The number of carbonyl (C=O) groups is 1. The molecule has 0 radical (unpaired) electrons. The van der Waals surface area contributed by atoms with Gasteiger partial charge >= 0.3 is 0 Å². The normalized spacial score (nSPS) is 9.10. The summed E-state index contributed by atoms with van der Waals surface area (Å²) in [5.41, 5.74) is 2.42. The summed E-state index contributed by atoms with van der Waals surface area (Å²) in [7, 11) is 1.57. The van der Waals surface area contributed by atoms with Crippen LogP contribution >= 0.6 is 12.2 Å². The van der Waals surface area contributed by atoms with Crippen molar-refractivity contribution < 1.29 is 9.53 Å². The minimum atomic E-state index is -0.184. The van der Waals surface area contributed by atoms with Gasteiger partial charge in [-0.2, -0.15) is 0 Å². The molecular weight excluding hydrogens is 384 g/mol. The monoisotopic (exact) mass is 410 g/mol. The predicted octanol–water partition coefficient (Wildman–Crippen LogP) is 4.36. The molecule has 29 heavy (non-hydrogen) atoms. The fourth-order valence-electron chi connectivity index (χ4n) is 2.19. The zero-order valence-corrected chi connectivity index (χ0v) is 17.9. The Morgan fingerprint density at radius 1 is 1.03 bits per heavy atom. The van der Waals surface area contributed by atoms with Gasteiger partial charge in [-0.3, -0.25) is 4.79 Å². The highest BCUT2D eigenvalue weighted by atomic mass is 32.1. The third-order valence-corrected chi connectivity index (χ3v) is 3.67. The second kappa shape index (κ2) is 13.9. The van der Waals surface area contributed by atoms with Gasteiger partial charge in [-0.1, -0.05) is 50.3 Å². The zero-order valence-electron chi connectivity index (χ0n) is 17.1.